The molecule has 1 aromatic heterocycles. The summed E-state index contributed by atoms with van der Waals surface area (Å²) in [4.78, 5) is 0. The molecular weight excluding hydrogens is 245 g/mol. The number of rotatable bonds is 3. The van der Waals surface area contributed by atoms with Gasteiger partial charge in [0.1, 0.15) is 11.5 Å². The standard InChI is InChI=1S/C11H11ClFN3O/c1-7(17)11-6-16(15-14-11)5-8-2-3-10(13)9(12)4-8/h2-4,6-7,17H,5H2,1H3. The smallest absolute Gasteiger partial charge is 0.141 e. The van der Waals surface area contributed by atoms with Crippen molar-refractivity contribution < 1.29 is 9.50 Å². The molecule has 1 N–H and O–H groups in total. The summed E-state index contributed by atoms with van der Waals surface area (Å²) >= 11 is 5.68. The van der Waals surface area contributed by atoms with E-state index < -0.39 is 11.9 Å². The zero-order valence-corrected chi connectivity index (χ0v) is 9.89. The summed E-state index contributed by atoms with van der Waals surface area (Å²) in [6.07, 6.45) is 0.989. The van der Waals surface area contributed by atoms with Gasteiger partial charge in [-0.15, -0.1) is 5.10 Å². The lowest BCUT2D eigenvalue weighted by molar-refractivity contribution is 0.194. The van der Waals surface area contributed by atoms with Gasteiger partial charge >= 0.3 is 0 Å². The largest absolute Gasteiger partial charge is 0.387 e. The molecule has 0 aliphatic carbocycles. The highest BCUT2D eigenvalue weighted by atomic mass is 35.5. The highest BCUT2D eigenvalue weighted by Gasteiger charge is 2.07. The van der Waals surface area contributed by atoms with E-state index in [4.69, 9.17) is 11.6 Å². The number of aromatic nitrogens is 3. The second-order valence-corrected chi connectivity index (χ2v) is 4.17. The maximum absolute atomic E-state index is 12.9. The zero-order valence-electron chi connectivity index (χ0n) is 9.14. The average molecular weight is 256 g/mol. The van der Waals surface area contributed by atoms with Crippen LogP contribution in [-0.2, 0) is 6.54 Å². The Bertz CT molecular complexity index is 527. The molecule has 0 amide bonds. The second kappa shape index (κ2) is 4.81. The molecular formula is C11H11ClFN3O. The fourth-order valence-electron chi connectivity index (χ4n) is 1.41. The third-order valence-corrected chi connectivity index (χ3v) is 2.60. The Hall–Kier alpha value is -1.46. The molecule has 2 aromatic rings. The molecule has 1 atom stereocenters. The second-order valence-electron chi connectivity index (χ2n) is 3.77. The van der Waals surface area contributed by atoms with Gasteiger partial charge in [-0.05, 0) is 24.6 Å². The summed E-state index contributed by atoms with van der Waals surface area (Å²) in [6, 6.07) is 4.48. The molecule has 1 unspecified atom stereocenters. The van der Waals surface area contributed by atoms with E-state index in [1.54, 1.807) is 29.9 Å². The lowest BCUT2D eigenvalue weighted by Gasteiger charge is -2.02. The van der Waals surface area contributed by atoms with E-state index in [1.807, 2.05) is 0 Å². The van der Waals surface area contributed by atoms with Crippen LogP contribution in [0.3, 0.4) is 0 Å². The van der Waals surface area contributed by atoms with Crippen LogP contribution in [0.2, 0.25) is 5.02 Å². The molecule has 0 fully saturated rings. The van der Waals surface area contributed by atoms with Crippen molar-refractivity contribution in [3.8, 4) is 0 Å². The summed E-state index contributed by atoms with van der Waals surface area (Å²) in [5.41, 5.74) is 1.32. The molecule has 2 rings (SSSR count). The van der Waals surface area contributed by atoms with Crippen LogP contribution in [0.1, 0.15) is 24.3 Å². The first-order chi connectivity index (χ1) is 8.06. The van der Waals surface area contributed by atoms with E-state index in [2.05, 4.69) is 10.3 Å². The Morgan fingerprint density at radius 1 is 1.53 bits per heavy atom. The predicted octanol–water partition coefficient (Wildman–Crippen LogP) is 2.17. The number of halogens is 2. The molecule has 90 valence electrons. The fourth-order valence-corrected chi connectivity index (χ4v) is 1.61. The van der Waals surface area contributed by atoms with Crippen molar-refractivity contribution in [2.45, 2.75) is 19.6 Å². The van der Waals surface area contributed by atoms with Gasteiger partial charge in [0.2, 0.25) is 0 Å². The van der Waals surface area contributed by atoms with Gasteiger partial charge in [0.15, 0.2) is 0 Å². The first kappa shape index (κ1) is 12.0. The Morgan fingerprint density at radius 3 is 2.88 bits per heavy atom. The quantitative estimate of drug-likeness (QED) is 0.915. The van der Waals surface area contributed by atoms with Gasteiger partial charge in [0.25, 0.3) is 0 Å². The topological polar surface area (TPSA) is 50.9 Å². The average Bonchev–Trinajstić information content (AvgIpc) is 2.72. The van der Waals surface area contributed by atoms with E-state index in [1.165, 1.54) is 6.07 Å². The monoisotopic (exact) mass is 255 g/mol. The molecule has 0 radical (unpaired) electrons. The van der Waals surface area contributed by atoms with Crippen LogP contribution in [0.15, 0.2) is 24.4 Å². The third kappa shape index (κ3) is 2.81. The summed E-state index contributed by atoms with van der Waals surface area (Å²) in [5, 5.41) is 17.0. The summed E-state index contributed by atoms with van der Waals surface area (Å²) in [7, 11) is 0. The lowest BCUT2D eigenvalue weighted by atomic mass is 10.2. The maximum Gasteiger partial charge on any atom is 0.141 e. The molecule has 4 nitrogen and oxygen atoms in total. The minimum atomic E-state index is -0.652. The zero-order chi connectivity index (χ0) is 12.4. The van der Waals surface area contributed by atoms with E-state index in [9.17, 15) is 9.50 Å². The Balaban J connectivity index is 2.16. The van der Waals surface area contributed by atoms with Gasteiger partial charge in [0, 0.05) is 0 Å². The lowest BCUT2D eigenvalue weighted by Crippen LogP contribution is -2.00. The van der Waals surface area contributed by atoms with Crippen molar-refractivity contribution >= 4 is 11.6 Å². The van der Waals surface area contributed by atoms with Crippen molar-refractivity contribution in [3.63, 3.8) is 0 Å². The van der Waals surface area contributed by atoms with Crippen LogP contribution in [-0.4, -0.2) is 20.1 Å². The molecule has 0 aliphatic heterocycles. The van der Waals surface area contributed by atoms with E-state index in [0.717, 1.165) is 5.56 Å². The molecule has 1 aromatic carbocycles. The highest BCUT2D eigenvalue weighted by molar-refractivity contribution is 6.30. The van der Waals surface area contributed by atoms with E-state index in [-0.39, 0.29) is 5.02 Å². The van der Waals surface area contributed by atoms with Crippen LogP contribution in [0, 0.1) is 5.82 Å². The first-order valence-corrected chi connectivity index (χ1v) is 5.46. The Morgan fingerprint density at radius 2 is 2.29 bits per heavy atom. The number of hydrogen-bond donors (Lipinski definition) is 1. The number of aliphatic hydroxyl groups is 1. The Kier molecular flexibility index (Phi) is 3.40. The first-order valence-electron chi connectivity index (χ1n) is 5.08. The van der Waals surface area contributed by atoms with Crippen molar-refractivity contribution in [1.82, 2.24) is 15.0 Å². The van der Waals surface area contributed by atoms with Crippen molar-refractivity contribution in [2.75, 3.05) is 0 Å². The van der Waals surface area contributed by atoms with Crippen LogP contribution in [0.25, 0.3) is 0 Å². The van der Waals surface area contributed by atoms with Crippen LogP contribution < -0.4 is 0 Å². The molecule has 17 heavy (non-hydrogen) atoms. The van der Waals surface area contributed by atoms with Crippen LogP contribution in [0.5, 0.6) is 0 Å². The molecule has 0 saturated heterocycles. The summed E-state index contributed by atoms with van der Waals surface area (Å²) in [6.45, 7) is 2.04. The maximum atomic E-state index is 12.9. The van der Waals surface area contributed by atoms with Crippen LogP contribution >= 0.6 is 11.6 Å². The molecule has 6 heteroatoms. The minimum absolute atomic E-state index is 0.0818. The SMILES string of the molecule is CC(O)c1cn(Cc2ccc(F)c(Cl)c2)nn1. The van der Waals surface area contributed by atoms with E-state index in [0.29, 0.717) is 12.2 Å². The highest BCUT2D eigenvalue weighted by Crippen LogP contribution is 2.17. The van der Waals surface area contributed by atoms with Gasteiger partial charge in [-0.3, -0.25) is 0 Å². The summed E-state index contributed by atoms with van der Waals surface area (Å²) < 4.78 is 14.5. The molecule has 0 aliphatic rings. The van der Waals surface area contributed by atoms with Gasteiger partial charge in [-0.1, -0.05) is 22.9 Å². The van der Waals surface area contributed by atoms with Gasteiger partial charge in [-0.2, -0.15) is 0 Å². The Labute approximate surface area is 103 Å². The van der Waals surface area contributed by atoms with Crippen LogP contribution in [0.4, 0.5) is 4.39 Å². The van der Waals surface area contributed by atoms with Crippen molar-refractivity contribution in [3.05, 3.63) is 46.5 Å². The van der Waals surface area contributed by atoms with Gasteiger partial charge in [0.05, 0.1) is 23.9 Å². The third-order valence-electron chi connectivity index (χ3n) is 2.31. The molecule has 0 spiro atoms. The number of nitrogens with zero attached hydrogens (tertiary/aromatic N) is 3. The van der Waals surface area contributed by atoms with Crippen molar-refractivity contribution in [1.29, 1.82) is 0 Å². The van der Waals surface area contributed by atoms with Crippen molar-refractivity contribution in [2.24, 2.45) is 0 Å². The van der Waals surface area contributed by atoms with Gasteiger partial charge < -0.3 is 5.11 Å². The van der Waals surface area contributed by atoms with E-state index >= 15 is 0 Å². The fraction of sp³-hybridized carbons (Fsp3) is 0.273. The molecule has 0 bridgehead atoms. The minimum Gasteiger partial charge on any atom is -0.387 e. The molecule has 1 heterocycles. The molecule has 0 saturated carbocycles. The normalized spacial score (nSPS) is 12.7. The number of hydrogen-bond acceptors (Lipinski definition) is 3. The number of benzene rings is 1. The number of aliphatic hydroxyl groups excluding tert-OH is 1. The summed E-state index contributed by atoms with van der Waals surface area (Å²) in [5.74, 6) is -0.446. The predicted molar refractivity (Wildman–Crippen MR) is 61.2 cm³/mol. The van der Waals surface area contributed by atoms with Gasteiger partial charge in [-0.25, -0.2) is 9.07 Å².